The van der Waals surface area contributed by atoms with E-state index in [9.17, 15) is 4.79 Å². The molecule has 1 N–H and O–H groups in total. The summed E-state index contributed by atoms with van der Waals surface area (Å²) in [5, 5.41) is 7.48. The third-order valence-corrected chi connectivity index (χ3v) is 4.38. The van der Waals surface area contributed by atoms with Crippen LogP contribution in [-0.2, 0) is 4.79 Å². The van der Waals surface area contributed by atoms with Gasteiger partial charge in [0.25, 0.3) is 0 Å². The van der Waals surface area contributed by atoms with Crippen molar-refractivity contribution in [2.24, 2.45) is 5.92 Å². The molecule has 1 amide bonds. The number of nitrogens with one attached hydrogen (secondary N) is 1. The smallest absolute Gasteiger partial charge is 0.247 e. The number of aromatic nitrogens is 3. The van der Waals surface area contributed by atoms with Crippen LogP contribution in [0.3, 0.4) is 0 Å². The lowest BCUT2D eigenvalue weighted by Gasteiger charge is -2.31. The van der Waals surface area contributed by atoms with E-state index in [-0.39, 0.29) is 11.9 Å². The van der Waals surface area contributed by atoms with Gasteiger partial charge in [-0.1, -0.05) is 0 Å². The molecule has 0 radical (unpaired) electrons. The summed E-state index contributed by atoms with van der Waals surface area (Å²) >= 11 is 0. The van der Waals surface area contributed by atoms with E-state index >= 15 is 0 Å². The van der Waals surface area contributed by atoms with Gasteiger partial charge in [-0.15, -0.1) is 0 Å². The van der Waals surface area contributed by atoms with E-state index in [1.807, 2.05) is 6.92 Å². The fourth-order valence-electron chi connectivity index (χ4n) is 2.92. The van der Waals surface area contributed by atoms with Gasteiger partial charge in [-0.05, 0) is 51.6 Å². The predicted molar refractivity (Wildman–Crippen MR) is 75.1 cm³/mol. The fourth-order valence-corrected chi connectivity index (χ4v) is 2.92. The van der Waals surface area contributed by atoms with Crippen LogP contribution in [0.5, 0.6) is 0 Å². The zero-order valence-electron chi connectivity index (χ0n) is 12.0. The highest BCUT2D eigenvalue weighted by Gasteiger charge is 2.36. The number of nitrogens with zero attached hydrogens (tertiary/aromatic N) is 4. The molecule has 2 fully saturated rings. The summed E-state index contributed by atoms with van der Waals surface area (Å²) in [6.45, 7) is 4.98. The molecule has 0 aromatic carbocycles. The van der Waals surface area contributed by atoms with E-state index in [0.29, 0.717) is 12.0 Å². The Hall–Kier alpha value is -1.43. The molecule has 1 aliphatic carbocycles. The number of rotatable bonds is 5. The molecule has 6 heteroatoms. The maximum atomic E-state index is 12.7. The van der Waals surface area contributed by atoms with Gasteiger partial charge in [0, 0.05) is 12.6 Å². The zero-order valence-corrected chi connectivity index (χ0v) is 12.0. The first-order valence-corrected chi connectivity index (χ1v) is 7.61. The summed E-state index contributed by atoms with van der Waals surface area (Å²) in [7, 11) is 0. The summed E-state index contributed by atoms with van der Waals surface area (Å²) in [6, 6.07) is 0.211. The maximum absolute atomic E-state index is 12.7. The van der Waals surface area contributed by atoms with E-state index in [1.165, 1.54) is 19.2 Å². The molecule has 0 spiro atoms. The van der Waals surface area contributed by atoms with Gasteiger partial charge in [-0.25, -0.2) is 9.67 Å². The quantitative estimate of drug-likeness (QED) is 0.866. The average Bonchev–Trinajstić information content (AvgIpc) is 3.18. The highest BCUT2D eigenvalue weighted by molar-refractivity contribution is 5.80. The number of amides is 1. The van der Waals surface area contributed by atoms with E-state index in [0.717, 1.165) is 32.5 Å². The van der Waals surface area contributed by atoms with Crippen LogP contribution in [0.4, 0.5) is 0 Å². The Morgan fingerprint density at radius 3 is 2.75 bits per heavy atom. The van der Waals surface area contributed by atoms with Gasteiger partial charge in [-0.2, -0.15) is 5.10 Å². The second-order valence-corrected chi connectivity index (χ2v) is 5.97. The Morgan fingerprint density at radius 2 is 2.15 bits per heavy atom. The summed E-state index contributed by atoms with van der Waals surface area (Å²) in [6.07, 6.45) is 7.76. The SMILES string of the molecule is CC(C(=O)N(CC1CCNCC1)C1CC1)n1cncn1. The third kappa shape index (κ3) is 3.00. The van der Waals surface area contributed by atoms with Gasteiger partial charge in [0.15, 0.2) is 0 Å². The maximum Gasteiger partial charge on any atom is 0.247 e. The Morgan fingerprint density at radius 1 is 1.40 bits per heavy atom. The zero-order chi connectivity index (χ0) is 13.9. The van der Waals surface area contributed by atoms with E-state index in [2.05, 4.69) is 20.3 Å². The summed E-state index contributed by atoms with van der Waals surface area (Å²) in [4.78, 5) is 18.8. The molecule has 20 heavy (non-hydrogen) atoms. The first-order chi connectivity index (χ1) is 9.75. The van der Waals surface area contributed by atoms with Gasteiger partial charge in [0.1, 0.15) is 18.7 Å². The van der Waals surface area contributed by atoms with Crippen molar-refractivity contribution in [3.05, 3.63) is 12.7 Å². The van der Waals surface area contributed by atoms with Crippen LogP contribution in [0.15, 0.2) is 12.7 Å². The third-order valence-electron chi connectivity index (χ3n) is 4.38. The second-order valence-electron chi connectivity index (χ2n) is 5.97. The molecule has 1 aromatic rings. The lowest BCUT2D eigenvalue weighted by Crippen LogP contribution is -2.43. The molecule has 2 heterocycles. The van der Waals surface area contributed by atoms with Crippen LogP contribution in [-0.4, -0.2) is 51.2 Å². The molecule has 1 saturated carbocycles. The van der Waals surface area contributed by atoms with E-state index in [4.69, 9.17) is 0 Å². The minimum Gasteiger partial charge on any atom is -0.338 e. The Labute approximate surface area is 119 Å². The topological polar surface area (TPSA) is 63.1 Å². The van der Waals surface area contributed by atoms with E-state index < -0.39 is 0 Å². The van der Waals surface area contributed by atoms with Gasteiger partial charge in [-0.3, -0.25) is 4.79 Å². The van der Waals surface area contributed by atoms with Crippen LogP contribution < -0.4 is 5.32 Å². The first kappa shape index (κ1) is 13.5. The lowest BCUT2D eigenvalue weighted by molar-refractivity contribution is -0.136. The van der Waals surface area contributed by atoms with Gasteiger partial charge in [0.05, 0.1) is 0 Å². The Bertz CT molecular complexity index is 436. The highest BCUT2D eigenvalue weighted by atomic mass is 16.2. The Balaban J connectivity index is 1.65. The van der Waals surface area contributed by atoms with Gasteiger partial charge >= 0.3 is 0 Å². The van der Waals surface area contributed by atoms with Crippen molar-refractivity contribution in [3.8, 4) is 0 Å². The fraction of sp³-hybridized carbons (Fsp3) is 0.786. The molecule has 1 aromatic heterocycles. The van der Waals surface area contributed by atoms with Crippen molar-refractivity contribution in [1.82, 2.24) is 25.0 Å². The largest absolute Gasteiger partial charge is 0.338 e. The lowest BCUT2D eigenvalue weighted by atomic mass is 9.97. The summed E-state index contributed by atoms with van der Waals surface area (Å²) in [5.41, 5.74) is 0. The number of hydrogen-bond acceptors (Lipinski definition) is 4. The molecule has 6 nitrogen and oxygen atoms in total. The van der Waals surface area contributed by atoms with Crippen molar-refractivity contribution in [2.75, 3.05) is 19.6 Å². The summed E-state index contributed by atoms with van der Waals surface area (Å²) < 4.78 is 1.65. The number of piperidine rings is 1. The molecule has 1 aliphatic heterocycles. The molecule has 1 unspecified atom stereocenters. The molecule has 3 rings (SSSR count). The second kappa shape index (κ2) is 5.91. The van der Waals surface area contributed by atoms with Crippen molar-refractivity contribution in [2.45, 2.75) is 44.7 Å². The van der Waals surface area contributed by atoms with Crippen LogP contribution >= 0.6 is 0 Å². The van der Waals surface area contributed by atoms with Gasteiger partial charge in [0.2, 0.25) is 5.91 Å². The molecule has 0 bridgehead atoms. The van der Waals surface area contributed by atoms with Crippen LogP contribution in [0.1, 0.15) is 38.6 Å². The van der Waals surface area contributed by atoms with Crippen LogP contribution in [0.25, 0.3) is 0 Å². The molecule has 1 saturated heterocycles. The number of carbonyl (C=O) groups is 1. The summed E-state index contributed by atoms with van der Waals surface area (Å²) in [5.74, 6) is 0.834. The standard InChI is InChI=1S/C14H23N5O/c1-11(19-10-16-9-17-19)14(20)18(13-2-3-13)8-12-4-6-15-7-5-12/h9-13,15H,2-8H2,1H3. The van der Waals surface area contributed by atoms with Crippen molar-refractivity contribution in [1.29, 1.82) is 0 Å². The highest BCUT2D eigenvalue weighted by Crippen LogP contribution is 2.30. The minimum atomic E-state index is -0.250. The minimum absolute atomic E-state index is 0.191. The molecule has 1 atom stereocenters. The molecule has 2 aliphatic rings. The molecular weight excluding hydrogens is 254 g/mol. The van der Waals surface area contributed by atoms with E-state index in [1.54, 1.807) is 11.0 Å². The average molecular weight is 277 g/mol. The van der Waals surface area contributed by atoms with Gasteiger partial charge < -0.3 is 10.2 Å². The predicted octanol–water partition coefficient (Wildman–Crippen LogP) is 0.830. The van der Waals surface area contributed by atoms with Crippen LogP contribution in [0, 0.1) is 5.92 Å². The monoisotopic (exact) mass is 277 g/mol. The van der Waals surface area contributed by atoms with Crippen molar-refractivity contribution >= 4 is 5.91 Å². The molecule has 110 valence electrons. The number of hydrogen-bond donors (Lipinski definition) is 1. The number of carbonyl (C=O) groups excluding carboxylic acids is 1. The Kier molecular flexibility index (Phi) is 4.00. The van der Waals surface area contributed by atoms with Crippen molar-refractivity contribution in [3.63, 3.8) is 0 Å². The first-order valence-electron chi connectivity index (χ1n) is 7.61. The molecular formula is C14H23N5O. The normalized spacial score (nSPS) is 21.6. The van der Waals surface area contributed by atoms with Crippen LogP contribution in [0.2, 0.25) is 0 Å². The van der Waals surface area contributed by atoms with Crippen molar-refractivity contribution < 1.29 is 4.79 Å².